The summed E-state index contributed by atoms with van der Waals surface area (Å²) in [6, 6.07) is 67.3. The predicted molar refractivity (Wildman–Crippen MR) is 235 cm³/mol. The van der Waals surface area contributed by atoms with Crippen molar-refractivity contribution in [1.82, 2.24) is 9.13 Å². The Balaban J connectivity index is 1.14. The SMILES string of the molecule is c1ccc(-n2c3ccccc3c3c4c5ccccc5sc4c4c5ccccc5n(-c5ccc(-c6ccc7c8c(cccc68)-c6ccccc6-7)cc5)c4c32)cc1. The van der Waals surface area contributed by atoms with Gasteiger partial charge in [0, 0.05) is 53.1 Å². The summed E-state index contributed by atoms with van der Waals surface area (Å²) in [6.45, 7) is 0. The lowest BCUT2D eigenvalue weighted by atomic mass is 9.94. The highest BCUT2D eigenvalue weighted by Gasteiger charge is 2.27. The van der Waals surface area contributed by atoms with Crippen molar-refractivity contribution in [2.24, 2.45) is 0 Å². The van der Waals surface area contributed by atoms with Crippen molar-refractivity contribution in [3.8, 4) is 44.8 Å². The van der Waals surface area contributed by atoms with Crippen molar-refractivity contribution in [2.75, 3.05) is 0 Å². The van der Waals surface area contributed by atoms with Crippen LogP contribution < -0.4 is 0 Å². The minimum atomic E-state index is 1.15. The molecule has 0 bridgehead atoms. The molecule has 0 fully saturated rings. The van der Waals surface area contributed by atoms with Crippen LogP contribution in [0, 0.1) is 0 Å². The average molecular weight is 715 g/mol. The molecule has 0 N–H and O–H groups in total. The van der Waals surface area contributed by atoms with E-state index in [-0.39, 0.29) is 0 Å². The van der Waals surface area contributed by atoms with Gasteiger partial charge in [0.1, 0.15) is 0 Å². The van der Waals surface area contributed by atoms with Crippen molar-refractivity contribution in [3.05, 3.63) is 182 Å². The highest BCUT2D eigenvalue weighted by atomic mass is 32.1. The van der Waals surface area contributed by atoms with E-state index in [1.165, 1.54) is 108 Å². The third kappa shape index (κ3) is 3.82. The first kappa shape index (κ1) is 29.5. The van der Waals surface area contributed by atoms with Gasteiger partial charge in [0.05, 0.1) is 22.1 Å². The summed E-state index contributed by atoms with van der Waals surface area (Å²) in [5.74, 6) is 0. The fraction of sp³-hybridized carbons (Fsp3) is 0. The van der Waals surface area contributed by atoms with Crippen LogP contribution in [-0.4, -0.2) is 9.13 Å². The average Bonchev–Trinajstić information content (AvgIpc) is 3.99. The summed E-state index contributed by atoms with van der Waals surface area (Å²) in [5, 5.41) is 10.5. The first-order valence-electron chi connectivity index (χ1n) is 18.9. The van der Waals surface area contributed by atoms with Crippen molar-refractivity contribution in [1.29, 1.82) is 0 Å². The second-order valence-electron chi connectivity index (χ2n) is 14.8. The smallest absolute Gasteiger partial charge is 0.0803 e. The Morgan fingerprint density at radius 3 is 1.58 bits per heavy atom. The van der Waals surface area contributed by atoms with Crippen LogP contribution in [-0.2, 0) is 0 Å². The van der Waals surface area contributed by atoms with Crippen molar-refractivity contribution < 1.29 is 0 Å². The van der Waals surface area contributed by atoms with Crippen LogP contribution in [0.1, 0.15) is 0 Å². The monoisotopic (exact) mass is 714 g/mol. The van der Waals surface area contributed by atoms with Crippen molar-refractivity contribution >= 4 is 85.9 Å². The summed E-state index contributed by atoms with van der Waals surface area (Å²) in [5.41, 5.74) is 15.0. The van der Waals surface area contributed by atoms with E-state index < -0.39 is 0 Å². The number of nitrogens with zero attached hydrogens (tertiary/aromatic N) is 2. The Labute approximate surface area is 320 Å². The van der Waals surface area contributed by atoms with Crippen LogP contribution in [0.15, 0.2) is 182 Å². The van der Waals surface area contributed by atoms with E-state index in [1.54, 1.807) is 0 Å². The van der Waals surface area contributed by atoms with Gasteiger partial charge in [-0.25, -0.2) is 0 Å². The van der Waals surface area contributed by atoms with Gasteiger partial charge < -0.3 is 9.13 Å². The number of benzene rings is 9. The molecule has 3 heteroatoms. The lowest BCUT2D eigenvalue weighted by Gasteiger charge is -2.14. The molecule has 254 valence electrons. The number of hydrogen-bond acceptors (Lipinski definition) is 1. The Kier molecular flexibility index (Phi) is 5.80. The van der Waals surface area contributed by atoms with Gasteiger partial charge in [-0.05, 0) is 86.6 Å². The van der Waals surface area contributed by atoms with Gasteiger partial charge in [0.2, 0.25) is 0 Å². The van der Waals surface area contributed by atoms with Crippen LogP contribution in [0.5, 0.6) is 0 Å². The summed E-state index contributed by atoms with van der Waals surface area (Å²) >= 11 is 1.92. The molecule has 3 aromatic heterocycles. The Morgan fingerprint density at radius 2 is 0.836 bits per heavy atom. The number of rotatable bonds is 3. The van der Waals surface area contributed by atoms with Gasteiger partial charge >= 0.3 is 0 Å². The van der Waals surface area contributed by atoms with Crippen LogP contribution in [0.3, 0.4) is 0 Å². The van der Waals surface area contributed by atoms with Crippen LogP contribution >= 0.6 is 11.3 Å². The molecule has 0 saturated heterocycles. The van der Waals surface area contributed by atoms with E-state index in [0.717, 1.165) is 11.4 Å². The largest absolute Gasteiger partial charge is 0.307 e. The van der Waals surface area contributed by atoms with Gasteiger partial charge in [0.25, 0.3) is 0 Å². The highest BCUT2D eigenvalue weighted by Crippen LogP contribution is 2.52. The molecule has 55 heavy (non-hydrogen) atoms. The summed E-state index contributed by atoms with van der Waals surface area (Å²) < 4.78 is 7.70. The molecule has 2 nitrogen and oxygen atoms in total. The molecule has 0 amide bonds. The number of fused-ring (bicyclic) bond motifs is 15. The number of hydrogen-bond donors (Lipinski definition) is 0. The molecular weight excluding hydrogens is 685 g/mol. The molecule has 13 rings (SSSR count). The molecule has 12 aromatic rings. The number of aromatic nitrogens is 2. The van der Waals surface area contributed by atoms with Gasteiger partial charge in [-0.15, -0.1) is 11.3 Å². The molecule has 0 unspecified atom stereocenters. The molecule has 0 aliphatic heterocycles. The van der Waals surface area contributed by atoms with E-state index >= 15 is 0 Å². The Morgan fingerprint density at radius 1 is 0.309 bits per heavy atom. The fourth-order valence-electron chi connectivity index (χ4n) is 9.84. The van der Waals surface area contributed by atoms with E-state index in [4.69, 9.17) is 0 Å². The summed E-state index contributed by atoms with van der Waals surface area (Å²) in [6.07, 6.45) is 0. The molecule has 1 aliphatic rings. The molecule has 0 atom stereocenters. The zero-order chi connectivity index (χ0) is 35.8. The van der Waals surface area contributed by atoms with Crippen LogP contribution in [0.25, 0.3) is 119 Å². The minimum Gasteiger partial charge on any atom is -0.307 e. The molecule has 0 saturated carbocycles. The first-order chi connectivity index (χ1) is 27.3. The third-order valence-corrected chi connectivity index (χ3v) is 13.2. The highest BCUT2D eigenvalue weighted by molar-refractivity contribution is 7.27. The molecule has 0 spiro atoms. The van der Waals surface area contributed by atoms with Gasteiger partial charge in [-0.2, -0.15) is 0 Å². The Hall–Kier alpha value is -6.94. The normalized spacial score (nSPS) is 12.4. The lowest BCUT2D eigenvalue weighted by Crippen LogP contribution is -1.99. The zero-order valence-corrected chi connectivity index (χ0v) is 30.4. The molecular formula is C52H30N2S. The van der Waals surface area contributed by atoms with Gasteiger partial charge in [-0.3, -0.25) is 0 Å². The maximum atomic E-state index is 2.53. The Bertz CT molecular complexity index is 3550. The van der Waals surface area contributed by atoms with Crippen LogP contribution in [0.4, 0.5) is 0 Å². The van der Waals surface area contributed by atoms with E-state index in [2.05, 4.69) is 191 Å². The quantitative estimate of drug-likeness (QED) is 0.172. The maximum Gasteiger partial charge on any atom is 0.0803 e. The number of para-hydroxylation sites is 3. The molecule has 3 heterocycles. The lowest BCUT2D eigenvalue weighted by molar-refractivity contribution is 1.15. The van der Waals surface area contributed by atoms with E-state index in [1.807, 2.05) is 11.3 Å². The van der Waals surface area contributed by atoms with Gasteiger partial charge in [-0.1, -0.05) is 140 Å². The molecule has 0 radical (unpaired) electrons. The van der Waals surface area contributed by atoms with Crippen molar-refractivity contribution in [2.45, 2.75) is 0 Å². The van der Waals surface area contributed by atoms with E-state index in [0.29, 0.717) is 0 Å². The third-order valence-electron chi connectivity index (χ3n) is 12.0. The summed E-state index contributed by atoms with van der Waals surface area (Å²) in [4.78, 5) is 0. The zero-order valence-electron chi connectivity index (χ0n) is 29.6. The van der Waals surface area contributed by atoms with Crippen LogP contribution in [0.2, 0.25) is 0 Å². The summed E-state index contributed by atoms with van der Waals surface area (Å²) in [7, 11) is 0. The standard InChI is InChI=1S/C52H30N2S/c1-2-13-32(14-3-1)53-43-22-9-6-17-40(43)47-48-42-19-8-11-24-45(42)55-52(48)49-41-18-7-10-23-44(41)54(51(49)50(47)53)33-27-25-31(26-28-33)34-29-30-39-36-16-5-4-15-35(36)38-21-12-20-37(34)46(38)39/h1-30H. The van der Waals surface area contributed by atoms with Crippen molar-refractivity contribution in [3.63, 3.8) is 0 Å². The molecule has 1 aliphatic carbocycles. The predicted octanol–water partition coefficient (Wildman–Crippen LogP) is 14.7. The topological polar surface area (TPSA) is 9.86 Å². The number of thiophene rings is 1. The second-order valence-corrected chi connectivity index (χ2v) is 15.8. The maximum absolute atomic E-state index is 2.53. The first-order valence-corrected chi connectivity index (χ1v) is 19.8. The minimum absolute atomic E-state index is 1.15. The second kappa shape index (κ2) is 10.8. The molecule has 9 aromatic carbocycles. The fourth-order valence-corrected chi connectivity index (χ4v) is 11.1. The van der Waals surface area contributed by atoms with E-state index in [9.17, 15) is 0 Å². The van der Waals surface area contributed by atoms with Gasteiger partial charge in [0.15, 0.2) is 0 Å².